The molecule has 0 fully saturated rings. The Kier molecular flexibility index (Phi) is 5.16. The van der Waals surface area contributed by atoms with Crippen molar-refractivity contribution in [1.29, 1.82) is 0 Å². The first-order chi connectivity index (χ1) is 8.29. The highest BCUT2D eigenvalue weighted by Crippen LogP contribution is 2.18. The van der Waals surface area contributed by atoms with Crippen LogP contribution in [0, 0.1) is 0 Å². The van der Waals surface area contributed by atoms with Gasteiger partial charge in [-0.05, 0) is 26.8 Å². The quantitative estimate of drug-likeness (QED) is 0.659. The molecule has 98 valence electrons. The minimum absolute atomic E-state index is 0.174. The van der Waals surface area contributed by atoms with E-state index in [1.165, 1.54) is 0 Å². The van der Waals surface area contributed by atoms with Crippen molar-refractivity contribution in [3.63, 3.8) is 0 Å². The van der Waals surface area contributed by atoms with Crippen molar-refractivity contribution in [2.24, 2.45) is 5.10 Å². The van der Waals surface area contributed by atoms with E-state index < -0.39 is 11.7 Å². The number of amides is 1. The Labute approximate surface area is 119 Å². The second-order valence-electron chi connectivity index (χ2n) is 4.50. The summed E-state index contributed by atoms with van der Waals surface area (Å²) in [5.74, 6) is 0. The number of hydrazone groups is 1. The van der Waals surface area contributed by atoms with Crippen molar-refractivity contribution < 1.29 is 9.53 Å². The maximum Gasteiger partial charge on any atom is 0.428 e. The van der Waals surface area contributed by atoms with Gasteiger partial charge in [0, 0.05) is 10.0 Å². The van der Waals surface area contributed by atoms with Gasteiger partial charge in [0.2, 0.25) is 0 Å². The van der Waals surface area contributed by atoms with Crippen LogP contribution in [0.1, 0.15) is 26.3 Å². The van der Waals surface area contributed by atoms with Crippen LogP contribution in [0.15, 0.2) is 33.8 Å². The van der Waals surface area contributed by atoms with Gasteiger partial charge in [-0.1, -0.05) is 45.7 Å². The van der Waals surface area contributed by atoms with E-state index in [9.17, 15) is 4.79 Å². The minimum atomic E-state index is -0.646. The number of hydrogen-bond acceptors (Lipinski definition) is 3. The zero-order valence-electron chi connectivity index (χ0n) is 10.3. The predicted molar refractivity (Wildman–Crippen MR) is 75.9 cm³/mol. The first-order valence-corrected chi connectivity index (χ1v) is 6.44. The average Bonchev–Trinajstić information content (AvgIpc) is 2.24. The zero-order chi connectivity index (χ0) is 13.8. The van der Waals surface area contributed by atoms with Crippen LogP contribution in [0.25, 0.3) is 0 Å². The van der Waals surface area contributed by atoms with E-state index >= 15 is 0 Å². The number of benzene rings is 1. The SMILES string of the molecule is CC(C)(C)OC(=O)N/N=C(\Cl)c1ccccc1Br. The van der Waals surface area contributed by atoms with Crippen LogP contribution in [0.2, 0.25) is 0 Å². The number of halogens is 2. The van der Waals surface area contributed by atoms with Crippen molar-refractivity contribution in [3.05, 3.63) is 34.3 Å². The molecule has 18 heavy (non-hydrogen) atoms. The van der Waals surface area contributed by atoms with Gasteiger partial charge in [0.1, 0.15) is 5.60 Å². The molecule has 6 heteroatoms. The third-order valence-electron chi connectivity index (χ3n) is 1.74. The van der Waals surface area contributed by atoms with Gasteiger partial charge in [-0.2, -0.15) is 5.10 Å². The number of nitrogens with zero attached hydrogens (tertiary/aromatic N) is 1. The van der Waals surface area contributed by atoms with E-state index in [4.69, 9.17) is 16.3 Å². The molecule has 0 aromatic heterocycles. The van der Waals surface area contributed by atoms with Crippen molar-refractivity contribution in [3.8, 4) is 0 Å². The summed E-state index contributed by atoms with van der Waals surface area (Å²) in [5, 5.41) is 3.94. The van der Waals surface area contributed by atoms with Gasteiger partial charge in [0.15, 0.2) is 5.17 Å². The van der Waals surface area contributed by atoms with Crippen LogP contribution in [0.5, 0.6) is 0 Å². The molecule has 0 saturated carbocycles. The Morgan fingerprint density at radius 3 is 2.56 bits per heavy atom. The van der Waals surface area contributed by atoms with Crippen molar-refractivity contribution in [2.75, 3.05) is 0 Å². The smallest absolute Gasteiger partial charge is 0.428 e. The molecule has 4 nitrogen and oxygen atoms in total. The number of rotatable bonds is 2. The molecule has 0 aliphatic heterocycles. The van der Waals surface area contributed by atoms with Crippen molar-refractivity contribution in [2.45, 2.75) is 26.4 Å². The summed E-state index contributed by atoms with van der Waals surface area (Å²) in [7, 11) is 0. The minimum Gasteiger partial charge on any atom is -0.443 e. The van der Waals surface area contributed by atoms with Gasteiger partial charge in [-0.15, -0.1) is 0 Å². The molecular weight excluding hydrogens is 320 g/mol. The van der Waals surface area contributed by atoms with Gasteiger partial charge in [0.25, 0.3) is 0 Å². The predicted octanol–water partition coefficient (Wildman–Crippen LogP) is 3.87. The van der Waals surface area contributed by atoms with Crippen molar-refractivity contribution in [1.82, 2.24) is 5.43 Å². The normalized spacial score (nSPS) is 12.2. The zero-order valence-corrected chi connectivity index (χ0v) is 12.7. The van der Waals surface area contributed by atoms with E-state index in [0.29, 0.717) is 5.56 Å². The van der Waals surface area contributed by atoms with Crippen LogP contribution in [-0.4, -0.2) is 16.9 Å². The van der Waals surface area contributed by atoms with Crippen LogP contribution >= 0.6 is 27.5 Å². The molecule has 1 rings (SSSR count). The van der Waals surface area contributed by atoms with Crippen LogP contribution in [0.4, 0.5) is 4.79 Å². The summed E-state index contributed by atoms with van der Waals surface area (Å²) in [4.78, 5) is 11.4. The number of carbonyl (C=O) groups excluding carboxylic acids is 1. The number of hydrogen-bond donors (Lipinski definition) is 1. The molecule has 1 aromatic carbocycles. The summed E-state index contributed by atoms with van der Waals surface area (Å²) in [5.41, 5.74) is 2.36. The van der Waals surface area contributed by atoms with Gasteiger partial charge in [-0.25, -0.2) is 10.2 Å². The van der Waals surface area contributed by atoms with Gasteiger partial charge >= 0.3 is 6.09 Å². The lowest BCUT2D eigenvalue weighted by molar-refractivity contribution is 0.0529. The first-order valence-electron chi connectivity index (χ1n) is 5.26. The lowest BCUT2D eigenvalue weighted by Gasteiger charge is -2.18. The lowest BCUT2D eigenvalue weighted by Crippen LogP contribution is -2.30. The van der Waals surface area contributed by atoms with Gasteiger partial charge in [-0.3, -0.25) is 0 Å². The molecule has 1 N–H and O–H groups in total. The Hall–Kier alpha value is -1.07. The molecule has 0 aliphatic rings. The van der Waals surface area contributed by atoms with E-state index in [1.54, 1.807) is 26.8 Å². The lowest BCUT2D eigenvalue weighted by atomic mass is 10.2. The molecule has 0 aliphatic carbocycles. The number of carbonyl (C=O) groups is 1. The average molecular weight is 334 g/mol. The summed E-state index contributed by atoms with van der Waals surface area (Å²) in [6.45, 7) is 5.31. The molecule has 0 atom stereocenters. The van der Waals surface area contributed by atoms with Crippen LogP contribution in [-0.2, 0) is 4.74 Å². The molecule has 0 bridgehead atoms. The highest BCUT2D eigenvalue weighted by Gasteiger charge is 2.15. The van der Waals surface area contributed by atoms with E-state index in [1.807, 2.05) is 18.2 Å². The highest BCUT2D eigenvalue weighted by atomic mass is 79.9. The molecule has 0 radical (unpaired) electrons. The summed E-state index contributed by atoms with van der Waals surface area (Å²) < 4.78 is 5.82. The maximum atomic E-state index is 11.4. The fourth-order valence-electron chi connectivity index (χ4n) is 1.08. The summed E-state index contributed by atoms with van der Waals surface area (Å²) in [6.07, 6.45) is -0.646. The standard InChI is InChI=1S/C12H14BrClN2O2/c1-12(2,3)18-11(17)16-15-10(14)8-6-4-5-7-9(8)13/h4-7H,1-3H3,(H,16,17)/b15-10-. The third kappa shape index (κ3) is 5.06. The second kappa shape index (κ2) is 6.20. The molecule has 0 spiro atoms. The second-order valence-corrected chi connectivity index (χ2v) is 5.71. The molecular formula is C12H14BrClN2O2. The number of ether oxygens (including phenoxy) is 1. The first kappa shape index (κ1) is 15.0. The van der Waals surface area contributed by atoms with Crippen LogP contribution < -0.4 is 5.43 Å². The Morgan fingerprint density at radius 1 is 1.39 bits per heavy atom. The van der Waals surface area contributed by atoms with Crippen LogP contribution in [0.3, 0.4) is 0 Å². The highest BCUT2D eigenvalue weighted by molar-refractivity contribution is 9.10. The monoisotopic (exact) mass is 332 g/mol. The van der Waals surface area contributed by atoms with Gasteiger partial charge < -0.3 is 4.74 Å². The van der Waals surface area contributed by atoms with E-state index in [0.717, 1.165) is 4.47 Å². The Bertz CT molecular complexity index is 469. The van der Waals surface area contributed by atoms with Crippen molar-refractivity contribution >= 4 is 38.8 Å². The molecule has 1 aromatic rings. The summed E-state index contributed by atoms with van der Waals surface area (Å²) in [6, 6.07) is 7.30. The molecule has 0 saturated heterocycles. The third-order valence-corrected chi connectivity index (χ3v) is 2.72. The maximum absolute atomic E-state index is 11.4. The molecule has 0 unspecified atom stereocenters. The van der Waals surface area contributed by atoms with E-state index in [2.05, 4.69) is 26.5 Å². The fraction of sp³-hybridized carbons (Fsp3) is 0.333. The Balaban J connectivity index is 2.69. The van der Waals surface area contributed by atoms with Gasteiger partial charge in [0.05, 0.1) is 0 Å². The topological polar surface area (TPSA) is 50.7 Å². The fourth-order valence-corrected chi connectivity index (χ4v) is 1.88. The summed E-state index contributed by atoms with van der Waals surface area (Å²) >= 11 is 9.32. The Morgan fingerprint density at radius 2 is 2.00 bits per heavy atom. The number of nitrogens with one attached hydrogen (secondary N) is 1. The largest absolute Gasteiger partial charge is 0.443 e. The molecule has 1 amide bonds. The molecule has 0 heterocycles. The van der Waals surface area contributed by atoms with E-state index in [-0.39, 0.29) is 5.17 Å².